The number of ether oxygens (including phenoxy) is 2. The number of para-hydroxylation sites is 1. The lowest BCUT2D eigenvalue weighted by Crippen LogP contribution is -2.21. The van der Waals surface area contributed by atoms with Gasteiger partial charge < -0.3 is 14.8 Å². The lowest BCUT2D eigenvalue weighted by Gasteiger charge is -2.09. The van der Waals surface area contributed by atoms with E-state index in [4.69, 9.17) is 9.47 Å². The van der Waals surface area contributed by atoms with Crippen molar-refractivity contribution in [3.63, 3.8) is 0 Å². The quantitative estimate of drug-likeness (QED) is 0.634. The van der Waals surface area contributed by atoms with E-state index in [1.807, 2.05) is 30.3 Å². The van der Waals surface area contributed by atoms with E-state index in [1.54, 1.807) is 24.3 Å². The van der Waals surface area contributed by atoms with E-state index < -0.39 is 35.7 Å². The second-order valence-electron chi connectivity index (χ2n) is 5.69. The number of hydrogen-bond acceptors (Lipinski definition) is 4. The van der Waals surface area contributed by atoms with E-state index in [-0.39, 0.29) is 0 Å². The zero-order valence-corrected chi connectivity index (χ0v) is 14.5. The molecule has 0 saturated carbocycles. The van der Waals surface area contributed by atoms with E-state index in [0.29, 0.717) is 23.3 Å². The van der Waals surface area contributed by atoms with Crippen LogP contribution in [0.4, 0.5) is 14.5 Å². The number of hydrogen-bond donors (Lipinski definition) is 1. The second-order valence-corrected chi connectivity index (χ2v) is 5.69. The Hall–Kier alpha value is -3.74. The van der Waals surface area contributed by atoms with Crippen molar-refractivity contribution in [1.29, 1.82) is 0 Å². The molecule has 0 aromatic heterocycles. The van der Waals surface area contributed by atoms with Crippen molar-refractivity contribution >= 4 is 17.6 Å². The van der Waals surface area contributed by atoms with Gasteiger partial charge in [-0.25, -0.2) is 13.6 Å². The van der Waals surface area contributed by atoms with E-state index in [1.165, 1.54) is 0 Å². The molecule has 0 radical (unpaired) electrons. The van der Waals surface area contributed by atoms with Crippen molar-refractivity contribution in [3.8, 4) is 11.5 Å². The molecule has 0 saturated heterocycles. The van der Waals surface area contributed by atoms with Crippen molar-refractivity contribution in [2.24, 2.45) is 0 Å². The highest BCUT2D eigenvalue weighted by atomic mass is 19.1. The number of esters is 1. The Morgan fingerprint density at radius 3 is 2.21 bits per heavy atom. The summed E-state index contributed by atoms with van der Waals surface area (Å²) in [5.41, 5.74) is 0.0195. The third-order valence-electron chi connectivity index (χ3n) is 3.60. The fourth-order valence-corrected chi connectivity index (χ4v) is 2.29. The summed E-state index contributed by atoms with van der Waals surface area (Å²) in [5.74, 6) is -2.26. The Morgan fingerprint density at radius 1 is 0.857 bits per heavy atom. The highest BCUT2D eigenvalue weighted by molar-refractivity contribution is 5.95. The minimum absolute atomic E-state index is 0.448. The SMILES string of the molecule is O=C(COC(=O)c1ccc(F)cc1F)Nc1ccc(Oc2ccccc2)cc1. The molecule has 0 unspecified atom stereocenters. The van der Waals surface area contributed by atoms with Crippen LogP contribution in [0.2, 0.25) is 0 Å². The maximum atomic E-state index is 13.5. The first kappa shape index (κ1) is 19.0. The Morgan fingerprint density at radius 2 is 1.54 bits per heavy atom. The van der Waals surface area contributed by atoms with Gasteiger partial charge in [0.2, 0.25) is 0 Å². The van der Waals surface area contributed by atoms with Crippen LogP contribution in [-0.2, 0) is 9.53 Å². The summed E-state index contributed by atoms with van der Waals surface area (Å²) in [6, 6.07) is 18.2. The topological polar surface area (TPSA) is 64.6 Å². The van der Waals surface area contributed by atoms with Gasteiger partial charge in [-0.3, -0.25) is 4.79 Å². The number of carbonyl (C=O) groups excluding carboxylic acids is 2. The Kier molecular flexibility index (Phi) is 5.96. The van der Waals surface area contributed by atoms with Crippen LogP contribution < -0.4 is 10.1 Å². The first-order valence-corrected chi connectivity index (χ1v) is 8.26. The van der Waals surface area contributed by atoms with Gasteiger partial charge in [0.25, 0.3) is 5.91 Å². The fraction of sp³-hybridized carbons (Fsp3) is 0.0476. The zero-order chi connectivity index (χ0) is 19.9. The minimum atomic E-state index is -1.06. The molecule has 3 aromatic rings. The molecule has 0 heterocycles. The Balaban J connectivity index is 1.51. The predicted octanol–water partition coefficient (Wildman–Crippen LogP) is 4.55. The van der Waals surface area contributed by atoms with Crippen LogP contribution in [0, 0.1) is 11.6 Å². The molecule has 0 spiro atoms. The minimum Gasteiger partial charge on any atom is -0.457 e. The lowest BCUT2D eigenvalue weighted by atomic mass is 10.2. The summed E-state index contributed by atoms with van der Waals surface area (Å²) in [6.45, 7) is -0.613. The summed E-state index contributed by atoms with van der Waals surface area (Å²) in [6.07, 6.45) is 0. The number of rotatable bonds is 6. The highest BCUT2D eigenvalue weighted by Crippen LogP contribution is 2.22. The smallest absolute Gasteiger partial charge is 0.341 e. The summed E-state index contributed by atoms with van der Waals surface area (Å²) < 4.78 is 36.8. The highest BCUT2D eigenvalue weighted by Gasteiger charge is 2.15. The molecular formula is C21H15F2NO4. The normalized spacial score (nSPS) is 10.2. The van der Waals surface area contributed by atoms with E-state index >= 15 is 0 Å². The number of benzene rings is 3. The molecule has 0 bridgehead atoms. The molecule has 5 nitrogen and oxygen atoms in total. The number of carbonyl (C=O) groups is 2. The van der Waals surface area contributed by atoms with Crippen LogP contribution in [0.3, 0.4) is 0 Å². The summed E-state index contributed by atoms with van der Waals surface area (Å²) in [5, 5.41) is 2.54. The van der Waals surface area contributed by atoms with Crippen molar-refractivity contribution in [2.45, 2.75) is 0 Å². The Bertz CT molecular complexity index is 975. The van der Waals surface area contributed by atoms with Gasteiger partial charge in [-0.2, -0.15) is 0 Å². The van der Waals surface area contributed by atoms with Crippen LogP contribution in [0.5, 0.6) is 11.5 Å². The third-order valence-corrected chi connectivity index (χ3v) is 3.60. The van der Waals surface area contributed by atoms with Crippen molar-refractivity contribution in [3.05, 3.63) is 90.0 Å². The molecule has 0 aliphatic rings. The van der Waals surface area contributed by atoms with Gasteiger partial charge >= 0.3 is 5.97 Å². The molecule has 0 fully saturated rings. The van der Waals surface area contributed by atoms with E-state index in [9.17, 15) is 18.4 Å². The first-order chi connectivity index (χ1) is 13.5. The van der Waals surface area contributed by atoms with Gasteiger partial charge in [0.1, 0.15) is 23.1 Å². The van der Waals surface area contributed by atoms with Crippen LogP contribution in [0.25, 0.3) is 0 Å². The van der Waals surface area contributed by atoms with E-state index in [0.717, 1.165) is 12.1 Å². The second kappa shape index (κ2) is 8.77. The average Bonchev–Trinajstić information content (AvgIpc) is 2.68. The molecule has 0 aliphatic carbocycles. The zero-order valence-electron chi connectivity index (χ0n) is 14.5. The van der Waals surface area contributed by atoms with Gasteiger partial charge in [-0.15, -0.1) is 0 Å². The standard InChI is InChI=1S/C21H15F2NO4/c22-14-6-11-18(19(23)12-14)21(26)27-13-20(25)24-15-7-9-17(10-8-15)28-16-4-2-1-3-5-16/h1-12H,13H2,(H,24,25). The number of amides is 1. The number of nitrogens with one attached hydrogen (secondary N) is 1. The number of halogens is 2. The molecule has 142 valence electrons. The molecule has 0 aliphatic heterocycles. The molecule has 3 rings (SSSR count). The van der Waals surface area contributed by atoms with Crippen LogP contribution in [-0.4, -0.2) is 18.5 Å². The maximum absolute atomic E-state index is 13.5. The van der Waals surface area contributed by atoms with Crippen molar-refractivity contribution in [1.82, 2.24) is 0 Å². The van der Waals surface area contributed by atoms with Crippen LogP contribution >= 0.6 is 0 Å². The molecule has 1 N–H and O–H groups in total. The van der Waals surface area contributed by atoms with Gasteiger partial charge in [0.15, 0.2) is 6.61 Å². The maximum Gasteiger partial charge on any atom is 0.341 e. The van der Waals surface area contributed by atoms with Gasteiger partial charge in [0, 0.05) is 11.8 Å². The average molecular weight is 383 g/mol. The van der Waals surface area contributed by atoms with Gasteiger partial charge in [-0.05, 0) is 48.5 Å². The molecule has 1 amide bonds. The van der Waals surface area contributed by atoms with Gasteiger partial charge in [0.05, 0.1) is 5.56 Å². The van der Waals surface area contributed by atoms with E-state index in [2.05, 4.69) is 5.32 Å². The molecule has 28 heavy (non-hydrogen) atoms. The largest absolute Gasteiger partial charge is 0.457 e. The van der Waals surface area contributed by atoms with Crippen LogP contribution in [0.15, 0.2) is 72.8 Å². The van der Waals surface area contributed by atoms with Gasteiger partial charge in [-0.1, -0.05) is 18.2 Å². The third kappa shape index (κ3) is 5.14. The van der Waals surface area contributed by atoms with Crippen molar-refractivity contribution in [2.75, 3.05) is 11.9 Å². The molecule has 0 atom stereocenters. The summed E-state index contributed by atoms with van der Waals surface area (Å²) in [7, 11) is 0. The van der Waals surface area contributed by atoms with Crippen LogP contribution in [0.1, 0.15) is 10.4 Å². The monoisotopic (exact) mass is 383 g/mol. The molecule has 3 aromatic carbocycles. The fourth-order valence-electron chi connectivity index (χ4n) is 2.29. The van der Waals surface area contributed by atoms with Crippen molar-refractivity contribution < 1.29 is 27.8 Å². The molecular weight excluding hydrogens is 368 g/mol. The summed E-state index contributed by atoms with van der Waals surface area (Å²) in [4.78, 5) is 23.7. The molecule has 7 heteroatoms. The number of anilines is 1. The summed E-state index contributed by atoms with van der Waals surface area (Å²) >= 11 is 0. The Labute approximate surface area is 159 Å². The predicted molar refractivity (Wildman–Crippen MR) is 98.2 cm³/mol. The lowest BCUT2D eigenvalue weighted by molar-refractivity contribution is -0.119. The first-order valence-electron chi connectivity index (χ1n) is 8.26.